The fourth-order valence-corrected chi connectivity index (χ4v) is 5.09. The molecule has 1 unspecified atom stereocenters. The van der Waals surface area contributed by atoms with Crippen LogP contribution in [0.3, 0.4) is 0 Å². The molecule has 0 saturated carbocycles. The lowest BCUT2D eigenvalue weighted by Crippen LogP contribution is -2.19. The number of ether oxygens (including phenoxy) is 2. The van der Waals surface area contributed by atoms with Crippen molar-refractivity contribution >= 4 is 28.8 Å². The number of hydrogen-bond donors (Lipinski definition) is 3. The minimum absolute atomic E-state index is 0.0185. The molecular formula is C30H33FN4O4. The number of benzene rings is 2. The molecule has 1 saturated heterocycles. The number of hydrogen-bond acceptors (Lipinski definition) is 6. The lowest BCUT2D eigenvalue weighted by atomic mass is 9.91. The van der Waals surface area contributed by atoms with Crippen molar-refractivity contribution in [2.45, 2.75) is 39.5 Å². The quantitative estimate of drug-likeness (QED) is 0.196. The third kappa shape index (κ3) is 5.09. The first-order valence-corrected chi connectivity index (χ1v) is 12.9. The summed E-state index contributed by atoms with van der Waals surface area (Å²) in [4.78, 5) is 15.8. The Kier molecular flexibility index (Phi) is 8.30. The maximum Gasteiger partial charge on any atom is 0.354 e. The van der Waals surface area contributed by atoms with Crippen LogP contribution in [-0.4, -0.2) is 47.2 Å². The van der Waals surface area contributed by atoms with Crippen molar-refractivity contribution in [2.24, 2.45) is 0 Å². The SMILES string of the molecule is CC.COc1nc(C(=O)O)ccc1-c1c(C2CCCOC2)n(-c2ccc(F)c(C)c2)c2cc(C=N)c(N)cc12. The van der Waals surface area contributed by atoms with E-state index < -0.39 is 5.97 Å². The van der Waals surface area contributed by atoms with Gasteiger partial charge in [0.2, 0.25) is 5.88 Å². The van der Waals surface area contributed by atoms with Gasteiger partial charge in [0, 0.05) is 57.9 Å². The van der Waals surface area contributed by atoms with Crippen LogP contribution in [0.15, 0.2) is 42.5 Å². The molecule has 1 aliphatic rings. The molecule has 8 nitrogen and oxygen atoms in total. The Morgan fingerprint density at radius 3 is 2.64 bits per heavy atom. The number of aromatic carboxylic acids is 1. The predicted molar refractivity (Wildman–Crippen MR) is 151 cm³/mol. The molecule has 0 aliphatic carbocycles. The smallest absolute Gasteiger partial charge is 0.354 e. The number of halogens is 1. The first kappa shape index (κ1) is 27.8. The Balaban J connectivity index is 0.00000172. The lowest BCUT2D eigenvalue weighted by Gasteiger charge is -2.26. The van der Waals surface area contributed by atoms with Crippen LogP contribution in [0, 0.1) is 18.2 Å². The highest BCUT2D eigenvalue weighted by Gasteiger charge is 2.30. The Labute approximate surface area is 226 Å². The van der Waals surface area contributed by atoms with Gasteiger partial charge in [0.1, 0.15) is 5.82 Å². The second-order valence-electron chi connectivity index (χ2n) is 9.14. The van der Waals surface area contributed by atoms with E-state index in [4.69, 9.17) is 20.6 Å². The molecule has 3 heterocycles. The monoisotopic (exact) mass is 532 g/mol. The van der Waals surface area contributed by atoms with E-state index >= 15 is 0 Å². The first-order chi connectivity index (χ1) is 18.8. The maximum absolute atomic E-state index is 14.3. The van der Waals surface area contributed by atoms with Gasteiger partial charge in [0.05, 0.1) is 19.2 Å². The number of carboxylic acids is 1. The van der Waals surface area contributed by atoms with E-state index in [-0.39, 0.29) is 23.3 Å². The van der Waals surface area contributed by atoms with E-state index in [2.05, 4.69) is 9.55 Å². The zero-order chi connectivity index (χ0) is 28.3. The fraction of sp³-hybridized carbons (Fsp3) is 0.300. The van der Waals surface area contributed by atoms with Gasteiger partial charge in [-0.25, -0.2) is 14.2 Å². The Bertz CT molecular complexity index is 1540. The molecular weight excluding hydrogens is 499 g/mol. The second-order valence-corrected chi connectivity index (χ2v) is 9.14. The van der Waals surface area contributed by atoms with E-state index in [0.29, 0.717) is 35.6 Å². The van der Waals surface area contributed by atoms with Crippen molar-refractivity contribution in [3.63, 3.8) is 0 Å². The minimum atomic E-state index is -1.16. The number of aryl methyl sites for hydroxylation is 1. The van der Waals surface area contributed by atoms with Crippen LogP contribution in [0.5, 0.6) is 5.88 Å². The van der Waals surface area contributed by atoms with Crippen molar-refractivity contribution in [1.82, 2.24) is 9.55 Å². The average molecular weight is 533 g/mol. The molecule has 2 aromatic carbocycles. The summed E-state index contributed by atoms with van der Waals surface area (Å²) in [5.74, 6) is -1.31. The summed E-state index contributed by atoms with van der Waals surface area (Å²) in [5, 5.41) is 18.1. The van der Waals surface area contributed by atoms with E-state index in [9.17, 15) is 14.3 Å². The summed E-state index contributed by atoms with van der Waals surface area (Å²) in [6, 6.07) is 11.8. The molecule has 0 bridgehead atoms. The second kappa shape index (κ2) is 11.7. The van der Waals surface area contributed by atoms with Gasteiger partial charge in [-0.1, -0.05) is 13.8 Å². The maximum atomic E-state index is 14.3. The van der Waals surface area contributed by atoms with Gasteiger partial charge in [0.25, 0.3) is 0 Å². The highest BCUT2D eigenvalue weighted by atomic mass is 19.1. The summed E-state index contributed by atoms with van der Waals surface area (Å²) in [6.45, 7) is 6.87. The molecule has 204 valence electrons. The van der Waals surface area contributed by atoms with Crippen LogP contribution >= 0.6 is 0 Å². The zero-order valence-electron chi connectivity index (χ0n) is 22.5. The van der Waals surface area contributed by atoms with Crippen LogP contribution in [-0.2, 0) is 4.74 Å². The third-order valence-electron chi connectivity index (χ3n) is 6.85. The van der Waals surface area contributed by atoms with Crippen LogP contribution in [0.25, 0.3) is 27.7 Å². The zero-order valence-corrected chi connectivity index (χ0v) is 22.5. The molecule has 0 radical (unpaired) electrons. The van der Waals surface area contributed by atoms with Crippen molar-refractivity contribution in [2.75, 3.05) is 26.1 Å². The molecule has 1 fully saturated rings. The number of nitrogen functional groups attached to an aromatic ring is 1. The Morgan fingerprint density at radius 1 is 1.26 bits per heavy atom. The number of anilines is 1. The van der Waals surface area contributed by atoms with E-state index in [1.165, 1.54) is 25.5 Å². The summed E-state index contributed by atoms with van der Waals surface area (Å²) in [5.41, 5.74) is 11.5. The number of fused-ring (bicyclic) bond motifs is 1. The molecule has 39 heavy (non-hydrogen) atoms. The molecule has 1 aliphatic heterocycles. The number of carboxylic acid groups (broad SMARTS) is 1. The first-order valence-electron chi connectivity index (χ1n) is 12.9. The van der Waals surface area contributed by atoms with Crippen LogP contribution in [0.2, 0.25) is 0 Å². The summed E-state index contributed by atoms with van der Waals surface area (Å²) in [7, 11) is 1.45. The number of aromatic nitrogens is 2. The molecule has 4 N–H and O–H groups in total. The van der Waals surface area contributed by atoms with Crippen LogP contribution in [0.1, 0.15) is 59.9 Å². The number of rotatable bonds is 6. The highest BCUT2D eigenvalue weighted by Crippen LogP contribution is 2.46. The summed E-state index contributed by atoms with van der Waals surface area (Å²) in [6.07, 6.45) is 2.93. The van der Waals surface area contributed by atoms with E-state index in [1.54, 1.807) is 25.1 Å². The topological polar surface area (TPSA) is 123 Å². The average Bonchev–Trinajstić information content (AvgIpc) is 3.28. The lowest BCUT2D eigenvalue weighted by molar-refractivity contribution is 0.0689. The molecule has 2 aromatic heterocycles. The summed E-state index contributed by atoms with van der Waals surface area (Å²) < 4.78 is 27.8. The predicted octanol–water partition coefficient (Wildman–Crippen LogP) is 6.35. The third-order valence-corrected chi connectivity index (χ3v) is 6.85. The van der Waals surface area contributed by atoms with Crippen molar-refractivity contribution in [3.05, 3.63) is 70.8 Å². The van der Waals surface area contributed by atoms with Crippen molar-refractivity contribution in [3.8, 4) is 22.7 Å². The van der Waals surface area contributed by atoms with E-state index in [0.717, 1.165) is 40.7 Å². The van der Waals surface area contributed by atoms with Crippen LogP contribution in [0.4, 0.5) is 10.1 Å². The number of methoxy groups -OCH3 is 1. The van der Waals surface area contributed by atoms with E-state index in [1.807, 2.05) is 26.0 Å². The van der Waals surface area contributed by atoms with Gasteiger partial charge in [-0.15, -0.1) is 0 Å². The van der Waals surface area contributed by atoms with Gasteiger partial charge in [-0.2, -0.15) is 0 Å². The normalized spacial score (nSPS) is 14.9. The number of pyridine rings is 1. The highest BCUT2D eigenvalue weighted by molar-refractivity contribution is 6.05. The van der Waals surface area contributed by atoms with Gasteiger partial charge < -0.3 is 30.3 Å². The van der Waals surface area contributed by atoms with Crippen molar-refractivity contribution < 1.29 is 23.8 Å². The largest absolute Gasteiger partial charge is 0.481 e. The number of nitrogens with two attached hydrogens (primary N) is 1. The van der Waals surface area contributed by atoms with Crippen molar-refractivity contribution in [1.29, 1.82) is 5.41 Å². The van der Waals surface area contributed by atoms with Crippen LogP contribution < -0.4 is 10.5 Å². The number of nitrogens with zero attached hydrogens (tertiary/aromatic N) is 2. The summed E-state index contributed by atoms with van der Waals surface area (Å²) >= 11 is 0. The van der Waals surface area contributed by atoms with Gasteiger partial charge in [0.15, 0.2) is 5.69 Å². The standard InChI is InChI=1S/C28H27FN4O4.C2H6/c1-15-10-18(5-7-21(15)29)33-24-11-17(13-30)22(31)12-20(24)25(26(33)16-4-3-9-37-14-16)19-6-8-23(28(34)35)32-27(19)36-2;1-2/h5-8,10-13,16,30H,3-4,9,14,31H2,1-2H3,(H,34,35);1-2H3. The number of nitrogens with one attached hydrogen (secondary N) is 1. The number of carbonyl (C=O) groups is 1. The van der Waals surface area contributed by atoms with Gasteiger partial charge in [-0.3, -0.25) is 0 Å². The van der Waals surface area contributed by atoms with Gasteiger partial charge in [-0.05, 0) is 67.8 Å². The van der Waals surface area contributed by atoms with Gasteiger partial charge >= 0.3 is 5.97 Å². The molecule has 0 amide bonds. The molecule has 9 heteroatoms. The fourth-order valence-electron chi connectivity index (χ4n) is 5.09. The molecule has 0 spiro atoms. The Hall–Kier alpha value is -4.24. The molecule has 5 rings (SSSR count). The Morgan fingerprint density at radius 2 is 2.03 bits per heavy atom. The molecule has 1 atom stereocenters. The minimum Gasteiger partial charge on any atom is -0.481 e. The molecule has 4 aromatic rings.